The number of rotatable bonds is 6. The average molecular weight is 491 g/mol. The van der Waals surface area contributed by atoms with Crippen LogP contribution in [0.2, 0.25) is 5.02 Å². The van der Waals surface area contributed by atoms with Crippen LogP contribution in [0.15, 0.2) is 66.7 Å². The number of fused-ring (bicyclic) bond motifs is 3. The van der Waals surface area contributed by atoms with E-state index in [1.807, 2.05) is 36.4 Å². The van der Waals surface area contributed by atoms with Crippen LogP contribution >= 0.6 is 11.6 Å². The summed E-state index contributed by atoms with van der Waals surface area (Å²) in [5, 5.41) is 14.9. The second-order valence-corrected chi connectivity index (χ2v) is 9.31. The Bertz CT molecular complexity index is 1290. The summed E-state index contributed by atoms with van der Waals surface area (Å²) in [5.41, 5.74) is 3.65. The second kappa shape index (κ2) is 9.07. The largest absolute Gasteiger partial charge is 0.480 e. The fourth-order valence-corrected chi connectivity index (χ4v) is 4.99. The van der Waals surface area contributed by atoms with E-state index in [4.69, 9.17) is 16.3 Å². The Kier molecular flexibility index (Phi) is 5.94. The minimum atomic E-state index is -1.25. The highest BCUT2D eigenvalue weighted by atomic mass is 35.5. The smallest absolute Gasteiger partial charge is 0.411 e. The molecule has 2 aliphatic rings. The van der Waals surface area contributed by atoms with Gasteiger partial charge in [-0.2, -0.15) is 0 Å². The van der Waals surface area contributed by atoms with Crippen molar-refractivity contribution in [3.63, 3.8) is 0 Å². The highest BCUT2D eigenvalue weighted by Crippen LogP contribution is 2.44. The van der Waals surface area contributed by atoms with Gasteiger partial charge in [-0.3, -0.25) is 10.1 Å². The highest BCUT2D eigenvalue weighted by Gasteiger charge is 2.45. The number of amides is 2. The van der Waals surface area contributed by atoms with Gasteiger partial charge in [0.1, 0.15) is 12.1 Å². The van der Waals surface area contributed by atoms with Crippen molar-refractivity contribution in [1.82, 2.24) is 5.32 Å². The molecule has 5 rings (SSSR count). The van der Waals surface area contributed by atoms with Crippen molar-refractivity contribution in [2.45, 2.75) is 30.7 Å². The van der Waals surface area contributed by atoms with Crippen LogP contribution in [0, 0.1) is 0 Å². The summed E-state index contributed by atoms with van der Waals surface area (Å²) >= 11 is 6.16. The van der Waals surface area contributed by atoms with Crippen LogP contribution in [-0.4, -0.2) is 35.2 Å². The van der Waals surface area contributed by atoms with Gasteiger partial charge >= 0.3 is 12.1 Å². The van der Waals surface area contributed by atoms with E-state index in [0.29, 0.717) is 12.8 Å². The van der Waals surface area contributed by atoms with Crippen LogP contribution < -0.4 is 10.6 Å². The molecule has 0 atom stereocenters. The fraction of sp³-hybridized carbons (Fsp3) is 0.222. The molecule has 8 heteroatoms. The molecule has 2 amide bonds. The first-order valence-electron chi connectivity index (χ1n) is 11.3. The van der Waals surface area contributed by atoms with Gasteiger partial charge in [-0.15, -0.1) is 0 Å². The lowest BCUT2D eigenvalue weighted by molar-refractivity contribution is -0.148. The number of carbonyl (C=O) groups excluding carboxylic acids is 2. The summed E-state index contributed by atoms with van der Waals surface area (Å²) in [6.45, 7) is 0.148. The molecule has 0 heterocycles. The summed E-state index contributed by atoms with van der Waals surface area (Å²) in [5.74, 6) is -1.70. The maximum absolute atomic E-state index is 12.7. The third-order valence-corrected chi connectivity index (χ3v) is 6.94. The average Bonchev–Trinajstić information content (AvgIpc) is 3.13. The van der Waals surface area contributed by atoms with Crippen molar-refractivity contribution in [2.24, 2.45) is 0 Å². The normalized spacial score (nSPS) is 15.3. The van der Waals surface area contributed by atoms with Crippen molar-refractivity contribution in [3.8, 4) is 11.1 Å². The quantitative estimate of drug-likeness (QED) is 0.427. The third-order valence-electron chi connectivity index (χ3n) is 6.72. The first-order valence-corrected chi connectivity index (χ1v) is 11.7. The number of aliphatic carboxylic acids is 1. The van der Waals surface area contributed by atoms with Crippen molar-refractivity contribution in [3.05, 3.63) is 88.4 Å². The topological polar surface area (TPSA) is 105 Å². The molecule has 0 radical (unpaired) electrons. The Labute approximate surface area is 207 Å². The van der Waals surface area contributed by atoms with Crippen LogP contribution in [0.4, 0.5) is 10.5 Å². The predicted molar refractivity (Wildman–Crippen MR) is 132 cm³/mol. The zero-order valence-electron chi connectivity index (χ0n) is 18.7. The van der Waals surface area contributed by atoms with Gasteiger partial charge in [-0.1, -0.05) is 60.1 Å². The van der Waals surface area contributed by atoms with E-state index in [-0.39, 0.29) is 28.8 Å². The van der Waals surface area contributed by atoms with Gasteiger partial charge in [0.2, 0.25) is 0 Å². The molecule has 3 aromatic rings. The van der Waals surface area contributed by atoms with Crippen molar-refractivity contribution in [2.75, 3.05) is 11.9 Å². The van der Waals surface area contributed by atoms with E-state index in [0.717, 1.165) is 28.7 Å². The Morgan fingerprint density at radius 2 is 1.60 bits per heavy atom. The monoisotopic (exact) mass is 490 g/mol. The number of carboxylic acids is 1. The van der Waals surface area contributed by atoms with Crippen molar-refractivity contribution >= 4 is 35.3 Å². The molecule has 1 saturated carbocycles. The number of hydrogen-bond acceptors (Lipinski definition) is 4. The van der Waals surface area contributed by atoms with Gasteiger partial charge in [-0.05, 0) is 59.7 Å². The summed E-state index contributed by atoms with van der Waals surface area (Å²) in [4.78, 5) is 36.9. The van der Waals surface area contributed by atoms with Crippen molar-refractivity contribution < 1.29 is 24.2 Å². The predicted octanol–water partition coefficient (Wildman–Crippen LogP) is 5.44. The van der Waals surface area contributed by atoms with Crippen molar-refractivity contribution in [1.29, 1.82) is 0 Å². The van der Waals surface area contributed by atoms with Crippen LogP contribution in [-0.2, 0) is 9.53 Å². The number of carbonyl (C=O) groups is 3. The van der Waals surface area contributed by atoms with Crippen LogP contribution in [0.25, 0.3) is 11.1 Å². The molecular weight excluding hydrogens is 468 g/mol. The Hall–Kier alpha value is -3.84. The summed E-state index contributed by atoms with van der Waals surface area (Å²) in [6, 6.07) is 20.5. The molecule has 1 fully saturated rings. The van der Waals surface area contributed by atoms with Gasteiger partial charge in [0.05, 0.1) is 0 Å². The molecular formula is C27H23ClN2O5. The third kappa shape index (κ3) is 4.35. The minimum absolute atomic E-state index is 0.0801. The first kappa shape index (κ1) is 22.9. The Balaban J connectivity index is 1.27. The van der Waals surface area contributed by atoms with E-state index >= 15 is 0 Å². The number of nitrogens with one attached hydrogen (secondary N) is 2. The van der Waals surface area contributed by atoms with E-state index in [1.165, 1.54) is 18.2 Å². The number of halogens is 1. The zero-order chi connectivity index (χ0) is 24.6. The van der Waals surface area contributed by atoms with E-state index in [9.17, 15) is 19.5 Å². The molecule has 0 aromatic heterocycles. The first-order chi connectivity index (χ1) is 16.9. The van der Waals surface area contributed by atoms with Gasteiger partial charge in [0.25, 0.3) is 5.91 Å². The maximum atomic E-state index is 12.7. The highest BCUT2D eigenvalue weighted by molar-refractivity contribution is 6.31. The molecule has 7 nitrogen and oxygen atoms in total. The summed E-state index contributed by atoms with van der Waals surface area (Å²) in [7, 11) is 0. The number of benzene rings is 3. The zero-order valence-corrected chi connectivity index (χ0v) is 19.5. The van der Waals surface area contributed by atoms with Gasteiger partial charge in [-0.25, -0.2) is 9.59 Å². The number of carboxylic acid groups (broad SMARTS) is 1. The van der Waals surface area contributed by atoms with Crippen LogP contribution in [0.5, 0.6) is 0 Å². The van der Waals surface area contributed by atoms with Gasteiger partial charge < -0.3 is 15.2 Å². The summed E-state index contributed by atoms with van der Waals surface area (Å²) in [6.07, 6.45) is 0.803. The molecule has 3 aromatic carbocycles. The number of ether oxygens (including phenoxy) is 1. The SMILES string of the molecule is O=C(Nc1cc(Cl)cc(C(=O)NC2(C(=O)O)CCC2)c1)OCC1c2ccccc2-c2ccccc21. The molecule has 0 unspecified atom stereocenters. The minimum Gasteiger partial charge on any atom is -0.480 e. The summed E-state index contributed by atoms with van der Waals surface area (Å²) < 4.78 is 5.55. The van der Waals surface area contributed by atoms with E-state index in [1.54, 1.807) is 0 Å². The number of anilines is 1. The fourth-order valence-electron chi connectivity index (χ4n) is 4.76. The van der Waals surface area contributed by atoms with Gasteiger partial charge in [0.15, 0.2) is 0 Å². The Morgan fingerprint density at radius 3 is 2.17 bits per heavy atom. The van der Waals surface area contributed by atoms with Crippen LogP contribution in [0.3, 0.4) is 0 Å². The molecule has 3 N–H and O–H groups in total. The lowest BCUT2D eigenvalue weighted by atomic mass is 9.76. The van der Waals surface area contributed by atoms with Gasteiger partial charge in [0, 0.05) is 22.2 Å². The number of hydrogen-bond donors (Lipinski definition) is 3. The molecule has 0 saturated heterocycles. The maximum Gasteiger partial charge on any atom is 0.411 e. The molecule has 0 bridgehead atoms. The molecule has 35 heavy (non-hydrogen) atoms. The Morgan fingerprint density at radius 1 is 0.971 bits per heavy atom. The molecule has 0 spiro atoms. The molecule has 0 aliphatic heterocycles. The lowest BCUT2D eigenvalue weighted by Gasteiger charge is -2.38. The van der Waals surface area contributed by atoms with E-state index < -0.39 is 23.5 Å². The lowest BCUT2D eigenvalue weighted by Crippen LogP contribution is -2.59. The second-order valence-electron chi connectivity index (χ2n) is 8.87. The van der Waals surface area contributed by atoms with E-state index in [2.05, 4.69) is 22.8 Å². The molecule has 2 aliphatic carbocycles. The standard InChI is InChI=1S/C27H23ClN2O5/c28-17-12-16(24(31)30-27(25(32)33)10-5-11-27)13-18(14-17)29-26(34)35-15-23-21-8-3-1-6-19(21)20-7-2-4-9-22(20)23/h1-4,6-9,12-14,23H,5,10-11,15H2,(H,29,34)(H,30,31)(H,32,33). The molecule has 178 valence electrons. The van der Waals surface area contributed by atoms with Crippen LogP contribution in [0.1, 0.15) is 46.7 Å².